The molecule has 0 saturated heterocycles. The van der Waals surface area contributed by atoms with Gasteiger partial charge in [0.1, 0.15) is 5.01 Å². The zero-order valence-corrected chi connectivity index (χ0v) is 12.8. The van der Waals surface area contributed by atoms with Crippen molar-refractivity contribution in [3.8, 4) is 0 Å². The summed E-state index contributed by atoms with van der Waals surface area (Å²) in [7, 11) is 0. The lowest BCUT2D eigenvalue weighted by Crippen LogP contribution is -2.41. The van der Waals surface area contributed by atoms with Crippen molar-refractivity contribution >= 4 is 17.4 Å². The first-order valence-electron chi connectivity index (χ1n) is 6.41. The van der Waals surface area contributed by atoms with Gasteiger partial charge in [-0.1, -0.05) is 13.8 Å². The third-order valence-corrected chi connectivity index (χ3v) is 3.97. The maximum Gasteiger partial charge on any atom is 0.315 e. The molecular weight excluding hydrogens is 262 g/mol. The number of aliphatic hydroxyl groups is 1. The lowest BCUT2D eigenvalue weighted by molar-refractivity contribution is 0.200. The van der Waals surface area contributed by atoms with Gasteiger partial charge in [0.2, 0.25) is 0 Å². The molecule has 0 radical (unpaired) electrons. The molecule has 0 aliphatic heterocycles. The summed E-state index contributed by atoms with van der Waals surface area (Å²) < 4.78 is 0. The van der Waals surface area contributed by atoms with Gasteiger partial charge in [0.25, 0.3) is 0 Å². The molecule has 1 aromatic rings. The fourth-order valence-electron chi connectivity index (χ4n) is 1.59. The van der Waals surface area contributed by atoms with Gasteiger partial charge in [-0.15, -0.1) is 11.3 Å². The Hall–Kier alpha value is -1.14. The molecule has 1 rings (SSSR count). The lowest BCUT2D eigenvalue weighted by atomic mass is 9.90. The van der Waals surface area contributed by atoms with E-state index in [1.54, 1.807) is 17.5 Å². The minimum absolute atomic E-state index is 0.0975. The SMILES string of the molecule is Cc1cnc(C(C)NC(=O)NCC(C)(C)CCO)s1. The van der Waals surface area contributed by atoms with Gasteiger partial charge in [-0.05, 0) is 25.7 Å². The van der Waals surface area contributed by atoms with Crippen molar-refractivity contribution in [3.63, 3.8) is 0 Å². The largest absolute Gasteiger partial charge is 0.396 e. The van der Waals surface area contributed by atoms with E-state index in [9.17, 15) is 4.79 Å². The van der Waals surface area contributed by atoms with Crippen LogP contribution in [-0.4, -0.2) is 29.3 Å². The van der Waals surface area contributed by atoms with Gasteiger partial charge >= 0.3 is 6.03 Å². The molecule has 1 atom stereocenters. The third-order valence-electron chi connectivity index (χ3n) is 2.87. The van der Waals surface area contributed by atoms with E-state index >= 15 is 0 Å². The van der Waals surface area contributed by atoms with Crippen LogP contribution >= 0.6 is 11.3 Å². The number of hydrogen-bond acceptors (Lipinski definition) is 4. The summed E-state index contributed by atoms with van der Waals surface area (Å²) in [4.78, 5) is 17.2. The van der Waals surface area contributed by atoms with Crippen LogP contribution in [0.2, 0.25) is 0 Å². The van der Waals surface area contributed by atoms with E-state index in [2.05, 4.69) is 15.6 Å². The average Bonchev–Trinajstić information content (AvgIpc) is 2.73. The molecule has 2 amide bonds. The molecule has 19 heavy (non-hydrogen) atoms. The number of carbonyl (C=O) groups is 1. The van der Waals surface area contributed by atoms with Gasteiger partial charge < -0.3 is 15.7 Å². The van der Waals surface area contributed by atoms with Crippen molar-refractivity contribution in [1.29, 1.82) is 0 Å². The minimum Gasteiger partial charge on any atom is -0.396 e. The number of carbonyl (C=O) groups excluding carboxylic acids is 1. The number of aromatic nitrogens is 1. The lowest BCUT2D eigenvalue weighted by Gasteiger charge is -2.24. The van der Waals surface area contributed by atoms with Crippen molar-refractivity contribution in [2.45, 2.75) is 40.2 Å². The molecule has 0 saturated carbocycles. The highest BCUT2D eigenvalue weighted by molar-refractivity contribution is 7.11. The highest BCUT2D eigenvalue weighted by Crippen LogP contribution is 2.19. The van der Waals surface area contributed by atoms with E-state index in [0.717, 1.165) is 9.88 Å². The minimum atomic E-state index is -0.202. The van der Waals surface area contributed by atoms with Crippen LogP contribution in [0.15, 0.2) is 6.20 Å². The standard InChI is InChI=1S/C13H23N3O2S/c1-9-7-14-11(19-9)10(2)16-12(18)15-8-13(3,4)5-6-17/h7,10,17H,5-6,8H2,1-4H3,(H2,15,16,18). The maximum atomic E-state index is 11.8. The molecule has 3 N–H and O–H groups in total. The van der Waals surface area contributed by atoms with Crippen molar-refractivity contribution in [1.82, 2.24) is 15.6 Å². The van der Waals surface area contributed by atoms with Crippen molar-refractivity contribution in [2.24, 2.45) is 5.41 Å². The highest BCUT2D eigenvalue weighted by atomic mass is 32.1. The number of aryl methyl sites for hydroxylation is 1. The summed E-state index contributed by atoms with van der Waals surface area (Å²) in [6.45, 7) is 8.59. The van der Waals surface area contributed by atoms with Gasteiger partial charge in [-0.25, -0.2) is 9.78 Å². The first kappa shape index (κ1) is 15.9. The number of nitrogens with one attached hydrogen (secondary N) is 2. The van der Waals surface area contributed by atoms with Crippen LogP contribution in [0.5, 0.6) is 0 Å². The van der Waals surface area contributed by atoms with E-state index in [1.165, 1.54) is 0 Å². The molecule has 0 aromatic carbocycles. The molecule has 1 unspecified atom stereocenters. The van der Waals surface area contributed by atoms with E-state index in [4.69, 9.17) is 5.11 Å². The molecular formula is C13H23N3O2S. The monoisotopic (exact) mass is 285 g/mol. The quantitative estimate of drug-likeness (QED) is 0.750. The Bertz CT molecular complexity index is 418. The molecule has 0 bridgehead atoms. The third kappa shape index (κ3) is 5.57. The molecule has 5 nitrogen and oxygen atoms in total. The van der Waals surface area contributed by atoms with Crippen LogP contribution in [0, 0.1) is 12.3 Å². The number of urea groups is 1. The Kier molecular flexibility index (Phi) is 5.75. The predicted octanol–water partition coefficient (Wildman–Crippen LogP) is 2.22. The van der Waals surface area contributed by atoms with E-state index < -0.39 is 0 Å². The van der Waals surface area contributed by atoms with Crippen LogP contribution in [0.4, 0.5) is 4.79 Å². The van der Waals surface area contributed by atoms with Crippen molar-refractivity contribution in [3.05, 3.63) is 16.1 Å². The molecule has 0 spiro atoms. The molecule has 0 aliphatic rings. The van der Waals surface area contributed by atoms with E-state index in [-0.39, 0.29) is 24.1 Å². The van der Waals surface area contributed by atoms with Gasteiger partial charge in [-0.2, -0.15) is 0 Å². The Balaban J connectivity index is 2.39. The number of aliphatic hydroxyl groups excluding tert-OH is 1. The zero-order valence-electron chi connectivity index (χ0n) is 12.0. The second-order valence-electron chi connectivity index (χ2n) is 5.50. The first-order chi connectivity index (χ1) is 8.84. The van der Waals surface area contributed by atoms with Crippen LogP contribution in [0.3, 0.4) is 0 Å². The zero-order chi connectivity index (χ0) is 14.5. The summed E-state index contributed by atoms with van der Waals surface area (Å²) in [5, 5.41) is 15.5. The second-order valence-corrected chi connectivity index (χ2v) is 6.76. The van der Waals surface area contributed by atoms with E-state index in [1.807, 2.05) is 27.7 Å². The Morgan fingerprint density at radius 3 is 2.79 bits per heavy atom. The van der Waals surface area contributed by atoms with Gasteiger partial charge in [0, 0.05) is 24.2 Å². The maximum absolute atomic E-state index is 11.8. The van der Waals surface area contributed by atoms with Crippen LogP contribution in [-0.2, 0) is 0 Å². The summed E-state index contributed by atoms with van der Waals surface area (Å²) in [5.41, 5.74) is -0.104. The molecule has 1 aromatic heterocycles. The molecule has 1 heterocycles. The Morgan fingerprint density at radius 2 is 2.26 bits per heavy atom. The van der Waals surface area contributed by atoms with Crippen LogP contribution in [0.25, 0.3) is 0 Å². The fraction of sp³-hybridized carbons (Fsp3) is 0.692. The van der Waals surface area contributed by atoms with Gasteiger partial charge in [-0.3, -0.25) is 0 Å². The normalized spacial score (nSPS) is 13.1. The molecule has 0 fully saturated rings. The topological polar surface area (TPSA) is 74.2 Å². The van der Waals surface area contributed by atoms with Gasteiger partial charge in [0.05, 0.1) is 6.04 Å². The molecule has 0 aliphatic carbocycles. The second kappa shape index (κ2) is 6.86. The summed E-state index contributed by atoms with van der Waals surface area (Å²) in [6, 6.07) is -0.300. The Morgan fingerprint density at radius 1 is 1.58 bits per heavy atom. The average molecular weight is 285 g/mol. The summed E-state index contributed by atoms with van der Waals surface area (Å²) in [5.74, 6) is 0. The number of rotatable bonds is 6. The number of amides is 2. The highest BCUT2D eigenvalue weighted by Gasteiger charge is 2.19. The smallest absolute Gasteiger partial charge is 0.315 e. The number of thiazole rings is 1. The number of hydrogen-bond donors (Lipinski definition) is 3. The van der Waals surface area contributed by atoms with Crippen LogP contribution < -0.4 is 10.6 Å². The van der Waals surface area contributed by atoms with E-state index in [0.29, 0.717) is 13.0 Å². The molecule has 108 valence electrons. The number of nitrogens with zero attached hydrogens (tertiary/aromatic N) is 1. The summed E-state index contributed by atoms with van der Waals surface area (Å²) in [6.07, 6.45) is 2.47. The van der Waals surface area contributed by atoms with Gasteiger partial charge in [0.15, 0.2) is 0 Å². The summed E-state index contributed by atoms with van der Waals surface area (Å²) >= 11 is 1.58. The Labute approximate surface area is 118 Å². The van der Waals surface area contributed by atoms with Crippen LogP contribution in [0.1, 0.15) is 43.1 Å². The van der Waals surface area contributed by atoms with Crippen molar-refractivity contribution < 1.29 is 9.90 Å². The first-order valence-corrected chi connectivity index (χ1v) is 7.23. The van der Waals surface area contributed by atoms with Crippen molar-refractivity contribution in [2.75, 3.05) is 13.2 Å². The predicted molar refractivity (Wildman–Crippen MR) is 77.3 cm³/mol. The molecule has 6 heteroatoms. The fourth-order valence-corrected chi connectivity index (χ4v) is 2.37.